The van der Waals surface area contributed by atoms with Gasteiger partial charge in [0.15, 0.2) is 0 Å². The molecule has 0 saturated carbocycles. The Morgan fingerprint density at radius 1 is 0.958 bits per heavy atom. The Morgan fingerprint density at radius 2 is 1.62 bits per heavy atom. The molecule has 24 heavy (non-hydrogen) atoms. The average Bonchev–Trinajstić information content (AvgIpc) is 2.60. The van der Waals surface area contributed by atoms with Gasteiger partial charge in [0.25, 0.3) is 5.91 Å². The summed E-state index contributed by atoms with van der Waals surface area (Å²) in [6, 6.07) is 11.0. The van der Waals surface area contributed by atoms with Crippen molar-refractivity contribution in [1.29, 1.82) is 0 Å². The van der Waals surface area contributed by atoms with Crippen molar-refractivity contribution in [2.75, 3.05) is 27.4 Å². The van der Waals surface area contributed by atoms with Gasteiger partial charge < -0.3 is 19.5 Å². The summed E-state index contributed by atoms with van der Waals surface area (Å²) < 4.78 is 15.9. The van der Waals surface area contributed by atoms with Crippen LogP contribution in [0.1, 0.15) is 21.5 Å². The fraction of sp³-hybridized carbons (Fsp3) is 0.316. The molecule has 0 heterocycles. The molecule has 1 N–H and O–H groups in total. The van der Waals surface area contributed by atoms with Gasteiger partial charge >= 0.3 is 0 Å². The largest absolute Gasteiger partial charge is 0.497 e. The van der Waals surface area contributed by atoms with Crippen molar-refractivity contribution in [2.45, 2.75) is 13.8 Å². The first-order chi connectivity index (χ1) is 11.5. The highest BCUT2D eigenvalue weighted by Crippen LogP contribution is 2.22. The molecule has 0 aliphatic rings. The molecule has 0 aromatic heterocycles. The number of amides is 1. The number of hydrogen-bond acceptors (Lipinski definition) is 4. The summed E-state index contributed by atoms with van der Waals surface area (Å²) in [5.41, 5.74) is 2.46. The molecule has 0 atom stereocenters. The molecule has 0 radical (unpaired) electrons. The van der Waals surface area contributed by atoms with Crippen LogP contribution in [0.3, 0.4) is 0 Å². The van der Waals surface area contributed by atoms with Crippen LogP contribution in [0.2, 0.25) is 0 Å². The molecule has 2 rings (SSSR count). The molecule has 0 fully saturated rings. The Labute approximate surface area is 142 Å². The third-order valence-corrected chi connectivity index (χ3v) is 3.70. The summed E-state index contributed by atoms with van der Waals surface area (Å²) >= 11 is 0. The molecule has 0 unspecified atom stereocenters. The van der Waals surface area contributed by atoms with E-state index in [1.54, 1.807) is 14.2 Å². The van der Waals surface area contributed by atoms with E-state index in [-0.39, 0.29) is 5.91 Å². The summed E-state index contributed by atoms with van der Waals surface area (Å²) in [4.78, 5) is 12.3. The van der Waals surface area contributed by atoms with Gasteiger partial charge in [-0.05, 0) is 61.4 Å². The van der Waals surface area contributed by atoms with Gasteiger partial charge in [0.1, 0.15) is 23.9 Å². The summed E-state index contributed by atoms with van der Waals surface area (Å²) in [6.07, 6.45) is 0. The molecule has 2 aromatic carbocycles. The highest BCUT2D eigenvalue weighted by Gasteiger charge is 2.11. The molecule has 1 amide bonds. The zero-order chi connectivity index (χ0) is 17.5. The van der Waals surface area contributed by atoms with E-state index in [2.05, 4.69) is 5.32 Å². The van der Waals surface area contributed by atoms with Gasteiger partial charge in [-0.1, -0.05) is 0 Å². The lowest BCUT2D eigenvalue weighted by Gasteiger charge is -2.12. The van der Waals surface area contributed by atoms with Gasteiger partial charge in [-0.2, -0.15) is 0 Å². The molecule has 0 aliphatic carbocycles. The number of ether oxygens (including phenoxy) is 3. The molecular formula is C19H23NO4. The molecule has 128 valence electrons. The second kappa shape index (κ2) is 8.24. The minimum absolute atomic E-state index is 0.114. The third kappa shape index (κ3) is 4.41. The highest BCUT2D eigenvalue weighted by molar-refractivity contribution is 5.96. The van der Waals surface area contributed by atoms with Gasteiger partial charge in [0, 0.05) is 5.56 Å². The van der Waals surface area contributed by atoms with Gasteiger partial charge in [0.05, 0.1) is 20.8 Å². The van der Waals surface area contributed by atoms with Crippen LogP contribution in [-0.4, -0.2) is 33.3 Å². The van der Waals surface area contributed by atoms with E-state index < -0.39 is 0 Å². The monoisotopic (exact) mass is 329 g/mol. The van der Waals surface area contributed by atoms with E-state index in [0.29, 0.717) is 18.7 Å². The van der Waals surface area contributed by atoms with Crippen LogP contribution in [0.15, 0.2) is 36.4 Å². The van der Waals surface area contributed by atoms with Crippen LogP contribution in [-0.2, 0) is 0 Å². The normalized spacial score (nSPS) is 10.2. The van der Waals surface area contributed by atoms with Gasteiger partial charge in [0.2, 0.25) is 0 Å². The average molecular weight is 329 g/mol. The maximum atomic E-state index is 12.3. The van der Waals surface area contributed by atoms with Gasteiger partial charge in [-0.15, -0.1) is 0 Å². The zero-order valence-corrected chi connectivity index (χ0v) is 14.5. The number of aryl methyl sites for hydroxylation is 2. The minimum atomic E-state index is -0.114. The predicted octanol–water partition coefficient (Wildman–Crippen LogP) is 3.13. The fourth-order valence-corrected chi connectivity index (χ4v) is 2.35. The second-order valence-corrected chi connectivity index (χ2v) is 5.42. The minimum Gasteiger partial charge on any atom is -0.497 e. The number of benzene rings is 2. The maximum Gasteiger partial charge on any atom is 0.251 e. The van der Waals surface area contributed by atoms with E-state index in [0.717, 1.165) is 28.4 Å². The van der Waals surface area contributed by atoms with Crippen molar-refractivity contribution in [1.82, 2.24) is 5.32 Å². The van der Waals surface area contributed by atoms with Crippen molar-refractivity contribution in [3.63, 3.8) is 0 Å². The van der Waals surface area contributed by atoms with Crippen LogP contribution >= 0.6 is 0 Å². The highest BCUT2D eigenvalue weighted by atomic mass is 16.5. The van der Waals surface area contributed by atoms with E-state index in [4.69, 9.17) is 14.2 Å². The standard InChI is InChI=1S/C19H23NO4/c1-13-12-18(23-4)14(2)11-17(13)19(21)20-9-10-24-16-7-5-15(22-3)6-8-16/h5-8,11-12H,9-10H2,1-4H3,(H,20,21). The molecule has 5 heteroatoms. The molecule has 0 saturated heterocycles. The third-order valence-electron chi connectivity index (χ3n) is 3.70. The van der Waals surface area contributed by atoms with Crippen LogP contribution in [0, 0.1) is 13.8 Å². The van der Waals surface area contributed by atoms with Crippen molar-refractivity contribution >= 4 is 5.91 Å². The lowest BCUT2D eigenvalue weighted by Crippen LogP contribution is -2.28. The first-order valence-corrected chi connectivity index (χ1v) is 7.75. The van der Waals surface area contributed by atoms with Crippen molar-refractivity contribution in [2.24, 2.45) is 0 Å². The Morgan fingerprint density at radius 3 is 2.25 bits per heavy atom. The van der Waals surface area contributed by atoms with E-state index >= 15 is 0 Å². The van der Waals surface area contributed by atoms with E-state index in [1.165, 1.54) is 0 Å². The second-order valence-electron chi connectivity index (χ2n) is 5.42. The lowest BCUT2D eigenvalue weighted by molar-refractivity contribution is 0.0946. The Hall–Kier alpha value is -2.69. The van der Waals surface area contributed by atoms with E-state index in [1.807, 2.05) is 50.2 Å². The molecular weight excluding hydrogens is 306 g/mol. The zero-order valence-electron chi connectivity index (χ0n) is 14.5. The number of nitrogens with one attached hydrogen (secondary N) is 1. The molecule has 2 aromatic rings. The number of rotatable bonds is 7. The summed E-state index contributed by atoms with van der Waals surface area (Å²) in [5, 5.41) is 2.87. The Kier molecular flexibility index (Phi) is 6.07. The van der Waals surface area contributed by atoms with Crippen LogP contribution in [0.4, 0.5) is 0 Å². The topological polar surface area (TPSA) is 56.8 Å². The van der Waals surface area contributed by atoms with Crippen LogP contribution < -0.4 is 19.5 Å². The predicted molar refractivity (Wildman–Crippen MR) is 93.3 cm³/mol. The number of methoxy groups -OCH3 is 2. The lowest BCUT2D eigenvalue weighted by atomic mass is 10.0. The smallest absolute Gasteiger partial charge is 0.251 e. The van der Waals surface area contributed by atoms with Gasteiger partial charge in [-0.3, -0.25) is 4.79 Å². The molecule has 0 bridgehead atoms. The molecule has 0 aliphatic heterocycles. The van der Waals surface area contributed by atoms with Crippen molar-refractivity contribution in [3.8, 4) is 17.2 Å². The molecule has 5 nitrogen and oxygen atoms in total. The summed E-state index contributed by atoms with van der Waals surface area (Å²) in [5.74, 6) is 2.19. The summed E-state index contributed by atoms with van der Waals surface area (Å²) in [6.45, 7) is 4.63. The van der Waals surface area contributed by atoms with Crippen LogP contribution in [0.25, 0.3) is 0 Å². The fourth-order valence-electron chi connectivity index (χ4n) is 2.35. The quantitative estimate of drug-likeness (QED) is 0.793. The number of carbonyl (C=O) groups excluding carboxylic acids is 1. The maximum absolute atomic E-state index is 12.3. The van der Waals surface area contributed by atoms with Crippen molar-refractivity contribution < 1.29 is 19.0 Å². The SMILES string of the molecule is COc1ccc(OCCNC(=O)c2cc(C)c(OC)cc2C)cc1. The summed E-state index contributed by atoms with van der Waals surface area (Å²) in [7, 11) is 3.24. The van der Waals surface area contributed by atoms with Crippen molar-refractivity contribution in [3.05, 3.63) is 53.1 Å². The Balaban J connectivity index is 1.85. The number of carbonyl (C=O) groups is 1. The Bertz CT molecular complexity index is 695. The number of hydrogen-bond donors (Lipinski definition) is 1. The van der Waals surface area contributed by atoms with Crippen LogP contribution in [0.5, 0.6) is 17.2 Å². The first-order valence-electron chi connectivity index (χ1n) is 7.75. The van der Waals surface area contributed by atoms with E-state index in [9.17, 15) is 4.79 Å². The van der Waals surface area contributed by atoms with Gasteiger partial charge in [-0.25, -0.2) is 0 Å². The first kappa shape index (κ1) is 17.7. The molecule has 0 spiro atoms.